The van der Waals surface area contributed by atoms with Gasteiger partial charge in [-0.3, -0.25) is 9.36 Å². The Bertz CT molecular complexity index is 1030. The monoisotopic (exact) mass is 396 g/mol. The van der Waals surface area contributed by atoms with Crippen molar-refractivity contribution in [2.75, 3.05) is 24.7 Å². The summed E-state index contributed by atoms with van der Waals surface area (Å²) in [7, 11) is 1.89. The molecule has 4 rings (SSSR count). The molecule has 8 heteroatoms. The molecule has 0 aliphatic carbocycles. The zero-order chi connectivity index (χ0) is 20.4. The highest BCUT2D eigenvalue weighted by Gasteiger charge is 2.29. The van der Waals surface area contributed by atoms with Crippen molar-refractivity contribution in [3.05, 3.63) is 58.4 Å². The fourth-order valence-electron chi connectivity index (χ4n) is 4.15. The molecule has 0 saturated carbocycles. The number of nitrogens with zero attached hydrogens (tertiary/aromatic N) is 6. The maximum Gasteiger partial charge on any atom is 0.266 e. The van der Waals surface area contributed by atoms with E-state index in [1.54, 1.807) is 6.07 Å². The van der Waals surface area contributed by atoms with E-state index in [9.17, 15) is 9.18 Å². The van der Waals surface area contributed by atoms with Gasteiger partial charge in [-0.1, -0.05) is 37.3 Å². The van der Waals surface area contributed by atoms with Crippen LogP contribution >= 0.6 is 0 Å². The molecule has 1 aliphatic heterocycles. The Kier molecular flexibility index (Phi) is 5.42. The summed E-state index contributed by atoms with van der Waals surface area (Å²) in [5.74, 6) is 2.36. The molecule has 3 aromatic rings. The number of alkyl halides is 1. The van der Waals surface area contributed by atoms with Crippen molar-refractivity contribution in [3.63, 3.8) is 0 Å². The van der Waals surface area contributed by atoms with E-state index >= 15 is 0 Å². The Morgan fingerprint density at radius 3 is 2.66 bits per heavy atom. The lowest BCUT2D eigenvalue weighted by molar-refractivity contribution is 0.379. The molecule has 0 bridgehead atoms. The standard InChI is InChI=1S/C21H25FN6O/c1-15-14-27(12-10-17(15)16-6-4-3-5-7-16)21-24-23-20(26(21)2)18-8-9-19(29)28(25-18)13-11-22/h3-9,15,17H,10-14H2,1-2H3. The fraction of sp³-hybridized carbons (Fsp3) is 0.429. The number of hydrogen-bond acceptors (Lipinski definition) is 5. The molecule has 7 nitrogen and oxygen atoms in total. The number of rotatable bonds is 5. The second-order valence-corrected chi connectivity index (χ2v) is 7.58. The van der Waals surface area contributed by atoms with Crippen LogP contribution in [-0.4, -0.2) is 44.3 Å². The van der Waals surface area contributed by atoms with E-state index in [0.717, 1.165) is 30.1 Å². The number of anilines is 1. The molecule has 1 aliphatic rings. The van der Waals surface area contributed by atoms with Gasteiger partial charge in [0.05, 0.1) is 6.54 Å². The highest BCUT2D eigenvalue weighted by atomic mass is 19.1. The topological polar surface area (TPSA) is 68.8 Å². The zero-order valence-corrected chi connectivity index (χ0v) is 16.7. The molecule has 2 unspecified atom stereocenters. The summed E-state index contributed by atoms with van der Waals surface area (Å²) in [6, 6.07) is 13.6. The molecule has 0 spiro atoms. The van der Waals surface area contributed by atoms with Crippen LogP contribution in [-0.2, 0) is 13.6 Å². The highest BCUT2D eigenvalue weighted by molar-refractivity contribution is 5.52. The van der Waals surface area contributed by atoms with E-state index < -0.39 is 6.67 Å². The Labute approximate surface area is 168 Å². The van der Waals surface area contributed by atoms with Crippen LogP contribution in [0.15, 0.2) is 47.3 Å². The van der Waals surface area contributed by atoms with Gasteiger partial charge in [0, 0.05) is 26.2 Å². The number of piperidine rings is 1. The van der Waals surface area contributed by atoms with Gasteiger partial charge in [-0.2, -0.15) is 5.10 Å². The number of halogens is 1. The number of aryl methyl sites for hydroxylation is 1. The first kappa shape index (κ1) is 19.3. The van der Waals surface area contributed by atoms with E-state index in [4.69, 9.17) is 0 Å². The molecular weight excluding hydrogens is 371 g/mol. The van der Waals surface area contributed by atoms with Gasteiger partial charge in [0.1, 0.15) is 12.4 Å². The molecule has 29 heavy (non-hydrogen) atoms. The van der Waals surface area contributed by atoms with Crippen LogP contribution < -0.4 is 10.5 Å². The van der Waals surface area contributed by atoms with Crippen molar-refractivity contribution < 1.29 is 4.39 Å². The van der Waals surface area contributed by atoms with E-state index in [1.165, 1.54) is 11.6 Å². The average molecular weight is 396 g/mol. The van der Waals surface area contributed by atoms with Crippen molar-refractivity contribution >= 4 is 5.95 Å². The molecule has 0 amide bonds. The molecule has 152 valence electrons. The second kappa shape index (κ2) is 8.14. The summed E-state index contributed by atoms with van der Waals surface area (Å²) in [5, 5.41) is 12.9. The minimum absolute atomic E-state index is 0.0676. The van der Waals surface area contributed by atoms with Crippen molar-refractivity contribution in [1.29, 1.82) is 0 Å². The zero-order valence-electron chi connectivity index (χ0n) is 16.7. The highest BCUT2D eigenvalue weighted by Crippen LogP contribution is 2.34. The number of aromatic nitrogens is 5. The van der Waals surface area contributed by atoms with Gasteiger partial charge >= 0.3 is 0 Å². The largest absolute Gasteiger partial charge is 0.341 e. The summed E-state index contributed by atoms with van der Waals surface area (Å²) in [6.45, 7) is 3.34. The van der Waals surface area contributed by atoms with Gasteiger partial charge in [-0.15, -0.1) is 10.2 Å². The van der Waals surface area contributed by atoms with Crippen molar-refractivity contribution in [1.82, 2.24) is 24.5 Å². The van der Waals surface area contributed by atoms with Gasteiger partial charge in [-0.25, -0.2) is 9.07 Å². The summed E-state index contributed by atoms with van der Waals surface area (Å²) in [4.78, 5) is 14.0. The van der Waals surface area contributed by atoms with Crippen LogP contribution in [0, 0.1) is 5.92 Å². The van der Waals surface area contributed by atoms with Crippen molar-refractivity contribution in [2.24, 2.45) is 13.0 Å². The lowest BCUT2D eigenvalue weighted by Crippen LogP contribution is -2.39. The molecule has 0 N–H and O–H groups in total. The Morgan fingerprint density at radius 2 is 1.93 bits per heavy atom. The van der Waals surface area contributed by atoms with E-state index in [2.05, 4.69) is 57.5 Å². The van der Waals surface area contributed by atoms with Crippen LogP contribution in [0.2, 0.25) is 0 Å². The quantitative estimate of drug-likeness (QED) is 0.663. The third-order valence-corrected chi connectivity index (χ3v) is 5.66. The summed E-state index contributed by atoms with van der Waals surface area (Å²) >= 11 is 0. The van der Waals surface area contributed by atoms with Gasteiger partial charge in [0.25, 0.3) is 5.56 Å². The third kappa shape index (κ3) is 3.79. The lowest BCUT2D eigenvalue weighted by Gasteiger charge is -2.37. The molecule has 1 fully saturated rings. The average Bonchev–Trinajstić information content (AvgIpc) is 3.12. The van der Waals surface area contributed by atoms with Gasteiger partial charge < -0.3 is 4.90 Å². The van der Waals surface area contributed by atoms with Crippen LogP contribution in [0.5, 0.6) is 0 Å². The molecule has 2 aromatic heterocycles. The normalized spacial score (nSPS) is 19.5. The van der Waals surface area contributed by atoms with Gasteiger partial charge in [0.2, 0.25) is 5.95 Å². The Balaban J connectivity index is 1.55. The van der Waals surface area contributed by atoms with Crippen LogP contribution in [0.1, 0.15) is 24.8 Å². The molecule has 3 heterocycles. The predicted molar refractivity (Wildman–Crippen MR) is 110 cm³/mol. The van der Waals surface area contributed by atoms with E-state index in [0.29, 0.717) is 23.4 Å². The molecule has 1 aromatic carbocycles. The fourth-order valence-corrected chi connectivity index (χ4v) is 4.15. The van der Waals surface area contributed by atoms with Gasteiger partial charge in [0.15, 0.2) is 5.82 Å². The summed E-state index contributed by atoms with van der Waals surface area (Å²) in [5.41, 5.74) is 1.56. The first-order valence-corrected chi connectivity index (χ1v) is 9.92. The van der Waals surface area contributed by atoms with Crippen LogP contribution in [0.4, 0.5) is 10.3 Å². The predicted octanol–water partition coefficient (Wildman–Crippen LogP) is 2.64. The van der Waals surface area contributed by atoms with Crippen LogP contribution in [0.25, 0.3) is 11.5 Å². The smallest absolute Gasteiger partial charge is 0.266 e. The molecule has 2 atom stereocenters. The summed E-state index contributed by atoms with van der Waals surface area (Å²) in [6.07, 6.45) is 1.05. The minimum atomic E-state index is -0.644. The number of benzene rings is 1. The molecule has 0 radical (unpaired) electrons. The van der Waals surface area contributed by atoms with Crippen molar-refractivity contribution in [3.8, 4) is 11.5 Å². The maximum atomic E-state index is 12.7. The van der Waals surface area contributed by atoms with Crippen molar-refractivity contribution in [2.45, 2.75) is 25.8 Å². The molecule has 1 saturated heterocycles. The Hall–Kier alpha value is -3.03. The summed E-state index contributed by atoms with van der Waals surface area (Å²) < 4.78 is 15.7. The number of hydrogen-bond donors (Lipinski definition) is 0. The maximum absolute atomic E-state index is 12.7. The van der Waals surface area contributed by atoms with E-state index in [1.807, 2.05) is 11.6 Å². The second-order valence-electron chi connectivity index (χ2n) is 7.58. The lowest BCUT2D eigenvalue weighted by atomic mass is 9.82. The first-order chi connectivity index (χ1) is 14.1. The van der Waals surface area contributed by atoms with Crippen LogP contribution in [0.3, 0.4) is 0 Å². The first-order valence-electron chi connectivity index (χ1n) is 9.92. The minimum Gasteiger partial charge on any atom is -0.341 e. The SMILES string of the molecule is CC1CN(c2nnc(-c3ccc(=O)n(CCF)n3)n2C)CCC1c1ccccc1. The molecular formula is C21H25FN6O. The van der Waals surface area contributed by atoms with E-state index in [-0.39, 0.29) is 12.1 Å². The third-order valence-electron chi connectivity index (χ3n) is 5.66. The Morgan fingerprint density at radius 1 is 1.14 bits per heavy atom. The van der Waals surface area contributed by atoms with Gasteiger partial charge in [-0.05, 0) is 29.9 Å².